The summed E-state index contributed by atoms with van der Waals surface area (Å²) in [6.07, 6.45) is 1.54. The number of methoxy groups -OCH3 is 1. The highest BCUT2D eigenvalue weighted by molar-refractivity contribution is 6.26. The number of benzene rings is 2. The van der Waals surface area contributed by atoms with Crippen molar-refractivity contribution in [2.45, 2.75) is 45.2 Å². The number of ether oxygens (including phenoxy) is 1. The molecule has 36 heavy (non-hydrogen) atoms. The van der Waals surface area contributed by atoms with E-state index in [0.717, 1.165) is 28.0 Å². The third-order valence-corrected chi connectivity index (χ3v) is 8.38. The first-order valence-electron chi connectivity index (χ1n) is 12.0. The first-order valence-corrected chi connectivity index (χ1v) is 12.0. The van der Waals surface area contributed by atoms with Crippen molar-refractivity contribution in [1.82, 2.24) is 4.90 Å². The first kappa shape index (κ1) is 22.7. The molecule has 4 aliphatic rings. The Morgan fingerprint density at radius 1 is 1.08 bits per heavy atom. The van der Waals surface area contributed by atoms with Gasteiger partial charge in [-0.1, -0.05) is 17.7 Å². The molecule has 186 valence electrons. The lowest BCUT2D eigenvalue weighted by Gasteiger charge is -2.37. The van der Waals surface area contributed by atoms with E-state index in [2.05, 4.69) is 10.2 Å². The topological polar surface area (TPSA) is 122 Å². The largest absolute Gasteiger partial charge is 0.490 e. The van der Waals surface area contributed by atoms with Crippen molar-refractivity contribution in [2.24, 2.45) is 11.8 Å². The minimum absolute atomic E-state index is 0.0364. The van der Waals surface area contributed by atoms with E-state index < -0.39 is 28.2 Å². The molecule has 4 atom stereocenters. The molecule has 10 nitrogen and oxygen atoms in total. The molecule has 0 aliphatic carbocycles. The van der Waals surface area contributed by atoms with Crippen molar-refractivity contribution in [1.29, 1.82) is 0 Å². The van der Waals surface area contributed by atoms with Gasteiger partial charge in [-0.3, -0.25) is 29.4 Å². The van der Waals surface area contributed by atoms with E-state index in [0.29, 0.717) is 24.2 Å². The molecule has 0 unspecified atom stereocenters. The minimum atomic E-state index is -1.27. The van der Waals surface area contributed by atoms with Gasteiger partial charge in [-0.15, -0.1) is 0 Å². The number of nitro groups is 1. The number of amides is 3. The zero-order chi connectivity index (χ0) is 25.7. The van der Waals surface area contributed by atoms with Crippen LogP contribution in [0.1, 0.15) is 35.1 Å². The monoisotopic (exact) mass is 490 g/mol. The van der Waals surface area contributed by atoms with Crippen LogP contribution >= 0.6 is 0 Å². The van der Waals surface area contributed by atoms with Gasteiger partial charge in [0, 0.05) is 29.4 Å². The maximum atomic E-state index is 14.2. The Labute approximate surface area is 207 Å². The highest BCUT2D eigenvalue weighted by atomic mass is 16.6. The summed E-state index contributed by atoms with van der Waals surface area (Å²) in [4.78, 5) is 56.2. The Morgan fingerprint density at radius 2 is 1.83 bits per heavy atom. The lowest BCUT2D eigenvalue weighted by molar-refractivity contribution is -0.385. The van der Waals surface area contributed by atoms with Crippen LogP contribution in [0.2, 0.25) is 0 Å². The number of nitrogens with zero attached hydrogens (tertiary/aromatic N) is 3. The molecular weight excluding hydrogens is 464 g/mol. The molecule has 6 rings (SSSR count). The number of imide groups is 1. The van der Waals surface area contributed by atoms with E-state index in [1.807, 2.05) is 26.0 Å². The molecule has 3 saturated heterocycles. The fourth-order valence-electron chi connectivity index (χ4n) is 7.11. The smallest absolute Gasteiger partial charge is 0.311 e. The summed E-state index contributed by atoms with van der Waals surface area (Å²) in [5.41, 5.74) is 2.51. The number of rotatable bonds is 3. The van der Waals surface area contributed by atoms with Gasteiger partial charge in [0.05, 0.1) is 29.6 Å². The van der Waals surface area contributed by atoms with Crippen LogP contribution in [0.3, 0.4) is 0 Å². The van der Waals surface area contributed by atoms with E-state index in [4.69, 9.17) is 4.74 Å². The molecule has 2 aromatic rings. The summed E-state index contributed by atoms with van der Waals surface area (Å²) in [5, 5.41) is 14.5. The van der Waals surface area contributed by atoms with Gasteiger partial charge in [0.1, 0.15) is 5.54 Å². The maximum absolute atomic E-state index is 14.2. The van der Waals surface area contributed by atoms with Crippen LogP contribution in [0.15, 0.2) is 24.3 Å². The number of hydrogen-bond donors (Lipinski definition) is 1. The van der Waals surface area contributed by atoms with E-state index in [9.17, 15) is 24.5 Å². The molecule has 0 aromatic heterocycles. The predicted octanol–water partition coefficient (Wildman–Crippen LogP) is 2.96. The Bertz CT molecular complexity index is 1400. The fourth-order valence-corrected chi connectivity index (χ4v) is 7.11. The van der Waals surface area contributed by atoms with E-state index >= 15 is 0 Å². The van der Waals surface area contributed by atoms with Crippen LogP contribution in [0.4, 0.5) is 17.1 Å². The van der Waals surface area contributed by atoms with Gasteiger partial charge in [0.15, 0.2) is 5.75 Å². The van der Waals surface area contributed by atoms with Crippen LogP contribution in [0.5, 0.6) is 5.75 Å². The Balaban J connectivity index is 1.55. The van der Waals surface area contributed by atoms with Crippen LogP contribution in [-0.2, 0) is 19.9 Å². The number of fused-ring (bicyclic) bond motifs is 7. The summed E-state index contributed by atoms with van der Waals surface area (Å²) in [6, 6.07) is 6.39. The Hall–Kier alpha value is -3.79. The molecule has 4 aliphatic heterocycles. The molecule has 0 saturated carbocycles. The van der Waals surface area contributed by atoms with Crippen molar-refractivity contribution in [2.75, 3.05) is 23.9 Å². The fraction of sp³-hybridized carbons (Fsp3) is 0.423. The van der Waals surface area contributed by atoms with E-state index in [-0.39, 0.29) is 35.0 Å². The van der Waals surface area contributed by atoms with Gasteiger partial charge in [0.25, 0.3) is 0 Å². The molecular formula is C26H26N4O6. The molecule has 1 spiro atoms. The molecule has 3 fully saturated rings. The molecule has 2 aromatic carbocycles. The van der Waals surface area contributed by atoms with E-state index in [1.54, 1.807) is 6.92 Å². The molecule has 1 N–H and O–H groups in total. The number of nitrogens with one attached hydrogen (secondary N) is 1. The number of carbonyl (C=O) groups is 3. The summed E-state index contributed by atoms with van der Waals surface area (Å²) in [7, 11) is 1.31. The van der Waals surface area contributed by atoms with Crippen LogP contribution < -0.4 is 15.0 Å². The first-order chi connectivity index (χ1) is 17.1. The van der Waals surface area contributed by atoms with Crippen molar-refractivity contribution in [3.05, 3.63) is 56.6 Å². The summed E-state index contributed by atoms with van der Waals surface area (Å²) in [6.45, 7) is 6.14. The zero-order valence-corrected chi connectivity index (χ0v) is 20.5. The minimum Gasteiger partial charge on any atom is -0.490 e. The van der Waals surface area contributed by atoms with Crippen LogP contribution in [0, 0.1) is 42.7 Å². The van der Waals surface area contributed by atoms with Crippen molar-refractivity contribution >= 4 is 34.8 Å². The Kier molecular flexibility index (Phi) is 4.63. The lowest BCUT2D eigenvalue weighted by Crippen LogP contribution is -2.54. The summed E-state index contributed by atoms with van der Waals surface area (Å²) >= 11 is 0. The van der Waals surface area contributed by atoms with Crippen molar-refractivity contribution in [3.8, 4) is 5.75 Å². The number of aryl methyl sites for hydroxylation is 3. The van der Waals surface area contributed by atoms with Gasteiger partial charge in [0.2, 0.25) is 17.7 Å². The second-order valence-corrected chi connectivity index (χ2v) is 10.2. The predicted molar refractivity (Wildman–Crippen MR) is 130 cm³/mol. The lowest BCUT2D eigenvalue weighted by atomic mass is 9.75. The number of nitro benzene ring substituents is 1. The normalized spacial score (nSPS) is 28.5. The average molecular weight is 491 g/mol. The Morgan fingerprint density at radius 3 is 2.53 bits per heavy atom. The third kappa shape index (κ3) is 2.57. The number of hydrogen-bond acceptors (Lipinski definition) is 7. The van der Waals surface area contributed by atoms with Gasteiger partial charge < -0.3 is 10.1 Å². The third-order valence-electron chi connectivity index (χ3n) is 8.38. The molecule has 4 heterocycles. The zero-order valence-electron chi connectivity index (χ0n) is 20.5. The second-order valence-electron chi connectivity index (χ2n) is 10.2. The highest BCUT2D eigenvalue weighted by Crippen LogP contribution is 2.61. The molecule has 10 heteroatoms. The van der Waals surface area contributed by atoms with Crippen LogP contribution in [-0.4, -0.2) is 47.2 Å². The van der Waals surface area contributed by atoms with Gasteiger partial charge in [-0.05, 0) is 51.3 Å². The molecule has 3 amide bonds. The van der Waals surface area contributed by atoms with Gasteiger partial charge >= 0.3 is 5.69 Å². The SMILES string of the molecule is COc1cc(N2C(=O)[C@H]3[C@@H](C2=O)[C@@]2(C(=O)Nc4c(C)cc(C)cc42)N2CCC[C@@H]32)c(C)cc1[N+](=O)[O-]. The second kappa shape index (κ2) is 7.36. The summed E-state index contributed by atoms with van der Waals surface area (Å²) in [5.74, 6) is -2.71. The number of carbonyl (C=O) groups excluding carboxylic acids is 3. The summed E-state index contributed by atoms with van der Waals surface area (Å²) < 4.78 is 5.22. The highest BCUT2D eigenvalue weighted by Gasteiger charge is 2.74. The standard InChI is InChI=1S/C26H26N4O6/c1-12-8-14(3)22-15(9-12)26(25(33)27-22)21-20(16-6-5-7-28(16)26)23(31)29(24(21)32)17-11-19(36-4)18(30(34)35)10-13(17)2/h8-11,16,20-21H,5-7H2,1-4H3,(H,27,33)/t16-,20+,21-,26-/m0/s1. The molecule has 0 bridgehead atoms. The van der Waals surface area contributed by atoms with Crippen molar-refractivity contribution in [3.63, 3.8) is 0 Å². The van der Waals surface area contributed by atoms with Crippen LogP contribution in [0.25, 0.3) is 0 Å². The average Bonchev–Trinajstić information content (AvgIpc) is 3.53. The van der Waals surface area contributed by atoms with Gasteiger partial charge in [-0.2, -0.15) is 0 Å². The maximum Gasteiger partial charge on any atom is 0.311 e. The molecule has 0 radical (unpaired) electrons. The van der Waals surface area contributed by atoms with Gasteiger partial charge in [-0.25, -0.2) is 4.90 Å². The number of anilines is 2. The quantitative estimate of drug-likeness (QED) is 0.399. The van der Waals surface area contributed by atoms with Crippen molar-refractivity contribution < 1.29 is 24.0 Å². The van der Waals surface area contributed by atoms with E-state index in [1.165, 1.54) is 19.2 Å².